The van der Waals surface area contributed by atoms with Crippen molar-refractivity contribution in [3.05, 3.63) is 0 Å². The average Bonchev–Trinajstić information content (AvgIpc) is 2.72. The average molecular weight is 211 g/mol. The van der Waals surface area contributed by atoms with Crippen LogP contribution < -0.4 is 10.6 Å². The second kappa shape index (κ2) is 5.28. The Kier molecular flexibility index (Phi) is 4.00. The monoisotopic (exact) mass is 211 g/mol. The second-order valence-corrected chi connectivity index (χ2v) is 5.18. The normalized spacial score (nSPS) is 35.6. The second-order valence-electron chi connectivity index (χ2n) is 5.18. The minimum atomic E-state index is 0.676. The summed E-state index contributed by atoms with van der Waals surface area (Å²) in [4.78, 5) is 2.48. The molecule has 2 fully saturated rings. The van der Waals surface area contributed by atoms with E-state index in [9.17, 15) is 0 Å². The van der Waals surface area contributed by atoms with E-state index in [-0.39, 0.29) is 0 Å². The Labute approximate surface area is 93.6 Å². The molecule has 2 N–H and O–H groups in total. The van der Waals surface area contributed by atoms with E-state index >= 15 is 0 Å². The van der Waals surface area contributed by atoms with Crippen molar-refractivity contribution in [1.82, 2.24) is 15.5 Å². The highest BCUT2D eigenvalue weighted by Crippen LogP contribution is 2.23. The van der Waals surface area contributed by atoms with E-state index < -0.39 is 0 Å². The van der Waals surface area contributed by atoms with Gasteiger partial charge in [0, 0.05) is 18.6 Å². The molecule has 3 heteroatoms. The summed E-state index contributed by atoms with van der Waals surface area (Å²) in [6.45, 7) is 3.76. The summed E-state index contributed by atoms with van der Waals surface area (Å²) in [6.07, 6.45) is 5.47. The third-order valence-electron chi connectivity index (χ3n) is 4.03. The SMILES string of the molecule is CNC(C1CCCN(C)C1)C1CCCN1. The summed E-state index contributed by atoms with van der Waals surface area (Å²) in [5.41, 5.74) is 0. The van der Waals surface area contributed by atoms with Crippen LogP contribution in [-0.4, -0.2) is 50.7 Å². The van der Waals surface area contributed by atoms with Crippen LogP contribution in [0.15, 0.2) is 0 Å². The summed E-state index contributed by atoms with van der Waals surface area (Å²) < 4.78 is 0. The Morgan fingerprint density at radius 3 is 2.80 bits per heavy atom. The van der Waals surface area contributed by atoms with Gasteiger partial charge in [-0.25, -0.2) is 0 Å². The van der Waals surface area contributed by atoms with Gasteiger partial charge in [0.15, 0.2) is 0 Å². The van der Waals surface area contributed by atoms with Gasteiger partial charge in [-0.2, -0.15) is 0 Å². The van der Waals surface area contributed by atoms with Crippen LogP contribution in [0.25, 0.3) is 0 Å². The van der Waals surface area contributed by atoms with E-state index in [0.717, 1.165) is 5.92 Å². The standard InChI is InChI=1S/C12H25N3/c1-13-12(11-6-3-7-14-11)10-5-4-8-15(2)9-10/h10-14H,3-9H2,1-2H3. The predicted molar refractivity (Wildman–Crippen MR) is 64.1 cm³/mol. The molecule has 0 radical (unpaired) electrons. The topological polar surface area (TPSA) is 27.3 Å². The first-order chi connectivity index (χ1) is 7.31. The highest BCUT2D eigenvalue weighted by Gasteiger charge is 2.32. The van der Waals surface area contributed by atoms with Gasteiger partial charge in [-0.05, 0) is 58.8 Å². The Bertz CT molecular complexity index is 189. The number of hydrogen-bond donors (Lipinski definition) is 2. The van der Waals surface area contributed by atoms with Crippen molar-refractivity contribution < 1.29 is 0 Å². The molecule has 0 spiro atoms. The van der Waals surface area contributed by atoms with Gasteiger partial charge in [0.1, 0.15) is 0 Å². The minimum Gasteiger partial charge on any atom is -0.315 e. The van der Waals surface area contributed by atoms with E-state index in [4.69, 9.17) is 0 Å². The van der Waals surface area contributed by atoms with Crippen molar-refractivity contribution >= 4 is 0 Å². The zero-order chi connectivity index (χ0) is 10.7. The number of nitrogens with zero attached hydrogens (tertiary/aromatic N) is 1. The van der Waals surface area contributed by atoms with Gasteiger partial charge in [-0.15, -0.1) is 0 Å². The summed E-state index contributed by atoms with van der Waals surface area (Å²) in [7, 11) is 4.38. The highest BCUT2D eigenvalue weighted by molar-refractivity contribution is 4.92. The van der Waals surface area contributed by atoms with E-state index in [1.807, 2.05) is 0 Å². The van der Waals surface area contributed by atoms with Crippen LogP contribution in [0.4, 0.5) is 0 Å². The minimum absolute atomic E-state index is 0.676. The van der Waals surface area contributed by atoms with Crippen LogP contribution in [0.5, 0.6) is 0 Å². The molecule has 0 aromatic heterocycles. The van der Waals surface area contributed by atoms with Crippen molar-refractivity contribution in [2.45, 2.75) is 37.8 Å². The molecule has 0 aliphatic carbocycles. The molecule has 2 aliphatic rings. The van der Waals surface area contributed by atoms with Crippen molar-refractivity contribution in [2.24, 2.45) is 5.92 Å². The smallest absolute Gasteiger partial charge is 0.0258 e. The Hall–Kier alpha value is -0.120. The fourth-order valence-corrected chi connectivity index (χ4v) is 3.28. The summed E-state index contributed by atoms with van der Waals surface area (Å²) in [5, 5.41) is 7.18. The lowest BCUT2D eigenvalue weighted by atomic mass is 9.86. The first-order valence-electron chi connectivity index (χ1n) is 6.40. The first-order valence-corrected chi connectivity index (χ1v) is 6.40. The molecule has 0 bridgehead atoms. The Morgan fingerprint density at radius 2 is 2.20 bits per heavy atom. The number of piperidine rings is 1. The molecule has 3 unspecified atom stereocenters. The lowest BCUT2D eigenvalue weighted by Crippen LogP contribution is -2.52. The lowest BCUT2D eigenvalue weighted by Gasteiger charge is -2.37. The first kappa shape index (κ1) is 11.4. The van der Waals surface area contributed by atoms with Gasteiger partial charge in [0.2, 0.25) is 0 Å². The van der Waals surface area contributed by atoms with Gasteiger partial charge in [0.05, 0.1) is 0 Å². The van der Waals surface area contributed by atoms with Gasteiger partial charge >= 0.3 is 0 Å². The molecule has 2 heterocycles. The van der Waals surface area contributed by atoms with Gasteiger partial charge in [-0.3, -0.25) is 0 Å². The lowest BCUT2D eigenvalue weighted by molar-refractivity contribution is 0.160. The Morgan fingerprint density at radius 1 is 1.33 bits per heavy atom. The van der Waals surface area contributed by atoms with E-state index in [1.165, 1.54) is 45.3 Å². The van der Waals surface area contributed by atoms with Crippen LogP contribution in [0.1, 0.15) is 25.7 Å². The maximum absolute atomic E-state index is 3.64. The molecule has 3 atom stereocenters. The number of likely N-dealkylation sites (N-methyl/N-ethyl adjacent to an activating group) is 1. The van der Waals surface area contributed by atoms with Crippen molar-refractivity contribution in [2.75, 3.05) is 33.7 Å². The number of likely N-dealkylation sites (tertiary alicyclic amines) is 1. The third kappa shape index (κ3) is 2.71. The fraction of sp³-hybridized carbons (Fsp3) is 1.00. The molecule has 0 amide bonds. The molecule has 0 aromatic carbocycles. The van der Waals surface area contributed by atoms with Crippen molar-refractivity contribution in [3.63, 3.8) is 0 Å². The van der Waals surface area contributed by atoms with Gasteiger partial charge in [0.25, 0.3) is 0 Å². The zero-order valence-electron chi connectivity index (χ0n) is 10.1. The quantitative estimate of drug-likeness (QED) is 0.718. The van der Waals surface area contributed by atoms with Crippen LogP contribution >= 0.6 is 0 Å². The molecule has 2 saturated heterocycles. The molecule has 3 nitrogen and oxygen atoms in total. The molecule has 0 aromatic rings. The van der Waals surface area contributed by atoms with E-state index in [2.05, 4.69) is 29.6 Å². The van der Waals surface area contributed by atoms with Gasteiger partial charge < -0.3 is 15.5 Å². The molecule has 15 heavy (non-hydrogen) atoms. The Balaban J connectivity index is 1.92. The summed E-state index contributed by atoms with van der Waals surface area (Å²) in [5.74, 6) is 0.837. The van der Waals surface area contributed by atoms with Crippen molar-refractivity contribution in [3.8, 4) is 0 Å². The highest BCUT2D eigenvalue weighted by atomic mass is 15.1. The number of hydrogen-bond acceptors (Lipinski definition) is 3. The molecule has 88 valence electrons. The number of rotatable bonds is 3. The van der Waals surface area contributed by atoms with E-state index in [0.29, 0.717) is 12.1 Å². The summed E-state index contributed by atoms with van der Waals surface area (Å²) in [6, 6.07) is 1.39. The van der Waals surface area contributed by atoms with Crippen LogP contribution in [-0.2, 0) is 0 Å². The zero-order valence-corrected chi connectivity index (χ0v) is 10.1. The molecular formula is C12H25N3. The fourth-order valence-electron chi connectivity index (χ4n) is 3.28. The van der Waals surface area contributed by atoms with E-state index in [1.54, 1.807) is 0 Å². The maximum atomic E-state index is 3.64. The van der Waals surface area contributed by atoms with Crippen LogP contribution in [0.3, 0.4) is 0 Å². The molecule has 2 aliphatic heterocycles. The molecule has 2 rings (SSSR count). The van der Waals surface area contributed by atoms with Crippen LogP contribution in [0, 0.1) is 5.92 Å². The number of nitrogens with one attached hydrogen (secondary N) is 2. The predicted octanol–water partition coefficient (Wildman–Crippen LogP) is 0.668. The van der Waals surface area contributed by atoms with Crippen molar-refractivity contribution in [1.29, 1.82) is 0 Å². The molecular weight excluding hydrogens is 186 g/mol. The van der Waals surface area contributed by atoms with Gasteiger partial charge in [-0.1, -0.05) is 0 Å². The molecule has 0 saturated carbocycles. The summed E-state index contributed by atoms with van der Waals surface area (Å²) >= 11 is 0. The maximum Gasteiger partial charge on any atom is 0.0258 e. The van der Waals surface area contributed by atoms with Crippen LogP contribution in [0.2, 0.25) is 0 Å². The largest absolute Gasteiger partial charge is 0.315 e. The third-order valence-corrected chi connectivity index (χ3v) is 4.03.